The third-order valence-electron chi connectivity index (χ3n) is 3.14. The Morgan fingerprint density at radius 2 is 2.27 bits per heavy atom. The first kappa shape index (κ1) is 10.4. The lowest BCUT2D eigenvalue weighted by atomic mass is 10.1. The predicted molar refractivity (Wildman–Crippen MR) is 62.9 cm³/mol. The van der Waals surface area contributed by atoms with Gasteiger partial charge in [0.1, 0.15) is 5.82 Å². The summed E-state index contributed by atoms with van der Waals surface area (Å²) in [4.78, 5) is 6.75. The lowest BCUT2D eigenvalue weighted by Gasteiger charge is -2.28. The predicted octanol–water partition coefficient (Wildman–Crippen LogP) is 1.56. The molecule has 1 aliphatic rings. The summed E-state index contributed by atoms with van der Waals surface area (Å²) < 4.78 is 0. The van der Waals surface area contributed by atoms with Gasteiger partial charge < -0.3 is 10.6 Å². The third kappa shape index (κ3) is 2.29. The molecule has 0 aliphatic heterocycles. The Morgan fingerprint density at radius 1 is 1.53 bits per heavy atom. The third-order valence-corrected chi connectivity index (χ3v) is 3.14. The van der Waals surface area contributed by atoms with Crippen LogP contribution in [0.1, 0.15) is 18.5 Å². The highest BCUT2D eigenvalue weighted by Crippen LogP contribution is 2.35. The number of aryl methyl sites for hydroxylation is 1. The summed E-state index contributed by atoms with van der Waals surface area (Å²) in [5.74, 6) is 1.82. The van der Waals surface area contributed by atoms with Crippen molar-refractivity contribution in [3.05, 3.63) is 23.9 Å². The van der Waals surface area contributed by atoms with E-state index in [9.17, 15) is 0 Å². The number of hydrogen-bond acceptors (Lipinski definition) is 3. The highest BCUT2D eigenvalue weighted by molar-refractivity contribution is 5.40. The minimum absolute atomic E-state index is 0.458. The van der Waals surface area contributed by atoms with Gasteiger partial charge in [-0.3, -0.25) is 0 Å². The molecular weight excluding hydrogens is 186 g/mol. The molecule has 0 amide bonds. The van der Waals surface area contributed by atoms with Crippen molar-refractivity contribution >= 4 is 5.82 Å². The summed E-state index contributed by atoms with van der Waals surface area (Å²) in [6.07, 6.45) is 2.63. The maximum Gasteiger partial charge on any atom is 0.128 e. The van der Waals surface area contributed by atoms with Gasteiger partial charge in [0.25, 0.3) is 0 Å². The second kappa shape index (κ2) is 4.19. The first-order chi connectivity index (χ1) is 7.22. The van der Waals surface area contributed by atoms with E-state index in [1.54, 1.807) is 0 Å². The van der Waals surface area contributed by atoms with Gasteiger partial charge in [-0.15, -0.1) is 0 Å². The van der Waals surface area contributed by atoms with Crippen molar-refractivity contribution < 1.29 is 0 Å². The highest BCUT2D eigenvalue weighted by Gasteiger charge is 2.33. The minimum Gasteiger partial charge on any atom is -0.355 e. The van der Waals surface area contributed by atoms with Crippen LogP contribution in [0.3, 0.4) is 0 Å². The van der Waals surface area contributed by atoms with Crippen molar-refractivity contribution in [1.29, 1.82) is 0 Å². The second-order valence-corrected chi connectivity index (χ2v) is 4.39. The van der Waals surface area contributed by atoms with Crippen LogP contribution < -0.4 is 10.6 Å². The number of rotatable bonds is 4. The average Bonchev–Trinajstić information content (AvgIpc) is 3.03. The zero-order chi connectivity index (χ0) is 10.8. The SMILES string of the molecule is Cc1cccc(N(C)C(CN)C2CC2)n1. The van der Waals surface area contributed by atoms with Crippen molar-refractivity contribution in [2.24, 2.45) is 11.7 Å². The molecule has 1 aromatic heterocycles. The molecule has 1 fully saturated rings. The molecule has 0 radical (unpaired) electrons. The quantitative estimate of drug-likeness (QED) is 0.811. The summed E-state index contributed by atoms with van der Waals surface area (Å²) in [6, 6.07) is 6.58. The molecule has 1 heterocycles. The number of likely N-dealkylation sites (N-methyl/N-ethyl adjacent to an activating group) is 1. The van der Waals surface area contributed by atoms with E-state index in [4.69, 9.17) is 5.73 Å². The number of pyridine rings is 1. The maximum absolute atomic E-state index is 5.82. The van der Waals surface area contributed by atoms with Gasteiger partial charge >= 0.3 is 0 Å². The van der Waals surface area contributed by atoms with Crippen LogP contribution in [-0.4, -0.2) is 24.6 Å². The molecule has 15 heavy (non-hydrogen) atoms. The first-order valence-electron chi connectivity index (χ1n) is 5.59. The number of nitrogens with two attached hydrogens (primary N) is 1. The van der Waals surface area contributed by atoms with Gasteiger partial charge in [0.05, 0.1) is 0 Å². The summed E-state index contributed by atoms with van der Waals surface area (Å²) >= 11 is 0. The van der Waals surface area contributed by atoms with Gasteiger partial charge in [0, 0.05) is 25.3 Å². The van der Waals surface area contributed by atoms with Gasteiger partial charge in [-0.2, -0.15) is 0 Å². The van der Waals surface area contributed by atoms with Crippen LogP contribution in [-0.2, 0) is 0 Å². The van der Waals surface area contributed by atoms with E-state index in [0.29, 0.717) is 6.04 Å². The van der Waals surface area contributed by atoms with Crippen LogP contribution in [0.25, 0.3) is 0 Å². The molecule has 1 unspecified atom stereocenters. The summed E-state index contributed by atoms with van der Waals surface area (Å²) in [5.41, 5.74) is 6.88. The molecule has 1 aliphatic carbocycles. The van der Waals surface area contributed by atoms with E-state index >= 15 is 0 Å². The monoisotopic (exact) mass is 205 g/mol. The van der Waals surface area contributed by atoms with Crippen LogP contribution in [0.2, 0.25) is 0 Å². The lowest BCUT2D eigenvalue weighted by molar-refractivity contribution is 0.566. The number of aromatic nitrogens is 1. The Balaban J connectivity index is 2.14. The summed E-state index contributed by atoms with van der Waals surface area (Å²) in [6.45, 7) is 2.74. The molecule has 2 N–H and O–H groups in total. The fraction of sp³-hybridized carbons (Fsp3) is 0.583. The van der Waals surface area contributed by atoms with Crippen molar-refractivity contribution in [2.75, 3.05) is 18.5 Å². The lowest BCUT2D eigenvalue weighted by Crippen LogP contribution is -2.40. The Morgan fingerprint density at radius 3 is 2.80 bits per heavy atom. The van der Waals surface area contributed by atoms with Crippen molar-refractivity contribution in [3.63, 3.8) is 0 Å². The highest BCUT2D eigenvalue weighted by atomic mass is 15.2. The van der Waals surface area contributed by atoms with E-state index in [0.717, 1.165) is 24.0 Å². The Kier molecular flexibility index (Phi) is 2.91. The van der Waals surface area contributed by atoms with Crippen LogP contribution >= 0.6 is 0 Å². The van der Waals surface area contributed by atoms with Crippen LogP contribution in [0, 0.1) is 12.8 Å². The van der Waals surface area contributed by atoms with E-state index in [-0.39, 0.29) is 0 Å². The molecule has 1 saturated carbocycles. The molecule has 0 saturated heterocycles. The second-order valence-electron chi connectivity index (χ2n) is 4.39. The molecule has 1 aromatic rings. The maximum atomic E-state index is 5.82. The van der Waals surface area contributed by atoms with Gasteiger partial charge in [0.2, 0.25) is 0 Å². The minimum atomic E-state index is 0.458. The molecular formula is C12H19N3. The zero-order valence-corrected chi connectivity index (χ0v) is 9.48. The molecule has 3 heteroatoms. The zero-order valence-electron chi connectivity index (χ0n) is 9.48. The largest absolute Gasteiger partial charge is 0.355 e. The molecule has 2 rings (SSSR count). The van der Waals surface area contributed by atoms with Crippen molar-refractivity contribution in [3.8, 4) is 0 Å². The number of nitrogens with zero attached hydrogens (tertiary/aromatic N) is 2. The Labute approximate surface area is 91.3 Å². The van der Waals surface area contributed by atoms with E-state index < -0.39 is 0 Å². The Hall–Kier alpha value is -1.09. The molecule has 0 aromatic carbocycles. The van der Waals surface area contributed by atoms with Gasteiger partial charge in [-0.05, 0) is 37.8 Å². The van der Waals surface area contributed by atoms with Gasteiger partial charge in [0.15, 0.2) is 0 Å². The smallest absolute Gasteiger partial charge is 0.128 e. The summed E-state index contributed by atoms with van der Waals surface area (Å²) in [5, 5.41) is 0. The van der Waals surface area contributed by atoms with Crippen LogP contribution in [0.4, 0.5) is 5.82 Å². The summed E-state index contributed by atoms with van der Waals surface area (Å²) in [7, 11) is 2.09. The average molecular weight is 205 g/mol. The van der Waals surface area contributed by atoms with Crippen molar-refractivity contribution in [1.82, 2.24) is 4.98 Å². The Bertz CT molecular complexity index is 333. The van der Waals surface area contributed by atoms with Crippen LogP contribution in [0.5, 0.6) is 0 Å². The number of hydrogen-bond donors (Lipinski definition) is 1. The molecule has 82 valence electrons. The number of anilines is 1. The van der Waals surface area contributed by atoms with Crippen molar-refractivity contribution in [2.45, 2.75) is 25.8 Å². The standard InChI is InChI=1S/C12H19N3/c1-9-4-3-5-12(14-9)15(2)11(8-13)10-6-7-10/h3-5,10-11H,6-8,13H2,1-2H3. The van der Waals surface area contributed by atoms with E-state index in [1.807, 2.05) is 13.0 Å². The van der Waals surface area contributed by atoms with Gasteiger partial charge in [-0.25, -0.2) is 4.98 Å². The van der Waals surface area contributed by atoms with E-state index in [1.165, 1.54) is 12.8 Å². The molecule has 0 spiro atoms. The van der Waals surface area contributed by atoms with E-state index in [2.05, 4.69) is 29.1 Å². The van der Waals surface area contributed by atoms with Crippen LogP contribution in [0.15, 0.2) is 18.2 Å². The fourth-order valence-electron chi connectivity index (χ4n) is 2.04. The molecule has 1 atom stereocenters. The molecule has 3 nitrogen and oxygen atoms in total. The first-order valence-corrected chi connectivity index (χ1v) is 5.59. The molecule has 0 bridgehead atoms. The van der Waals surface area contributed by atoms with Gasteiger partial charge in [-0.1, -0.05) is 6.07 Å². The fourth-order valence-corrected chi connectivity index (χ4v) is 2.04. The topological polar surface area (TPSA) is 42.1 Å². The normalized spacial score (nSPS) is 17.5.